The van der Waals surface area contributed by atoms with Crippen molar-refractivity contribution in [2.75, 3.05) is 6.61 Å². The first kappa shape index (κ1) is 11.7. The lowest BCUT2D eigenvalue weighted by atomic mass is 10.3. The van der Waals surface area contributed by atoms with E-state index in [1.807, 2.05) is 0 Å². The predicted octanol–water partition coefficient (Wildman–Crippen LogP) is 1.70. The Morgan fingerprint density at radius 1 is 1.31 bits per heavy atom. The number of hydrogen-bond acceptors (Lipinski definition) is 3. The molecule has 0 fully saturated rings. The van der Waals surface area contributed by atoms with Crippen molar-refractivity contribution >= 4 is 34.2 Å². The number of aliphatic hydroxyl groups excluding tert-OH is 2. The minimum absolute atomic E-state index is 0.269. The standard InChI is InChI=1S/C10H10Cl2N2O2/c11-7-1-9-10(2-8(7)12)14(5-13-9)3-6(16)4-15/h1-2,5-6,15-16H,3-4H2. The van der Waals surface area contributed by atoms with E-state index in [2.05, 4.69) is 4.98 Å². The molecule has 0 spiro atoms. The van der Waals surface area contributed by atoms with E-state index in [1.54, 1.807) is 23.0 Å². The Labute approximate surface area is 102 Å². The Balaban J connectivity index is 2.44. The lowest BCUT2D eigenvalue weighted by Gasteiger charge is -2.09. The van der Waals surface area contributed by atoms with Gasteiger partial charge in [0, 0.05) is 0 Å². The number of nitrogens with zero attached hydrogens (tertiary/aromatic N) is 2. The zero-order valence-corrected chi connectivity index (χ0v) is 9.78. The van der Waals surface area contributed by atoms with Crippen LogP contribution in [-0.4, -0.2) is 32.5 Å². The van der Waals surface area contributed by atoms with Crippen molar-refractivity contribution in [3.63, 3.8) is 0 Å². The van der Waals surface area contributed by atoms with Crippen molar-refractivity contribution in [1.82, 2.24) is 9.55 Å². The summed E-state index contributed by atoms with van der Waals surface area (Å²) in [5.41, 5.74) is 1.49. The van der Waals surface area contributed by atoms with Crippen LogP contribution in [0.2, 0.25) is 10.0 Å². The zero-order valence-electron chi connectivity index (χ0n) is 8.27. The fourth-order valence-corrected chi connectivity index (χ4v) is 1.80. The van der Waals surface area contributed by atoms with E-state index in [9.17, 15) is 5.11 Å². The third-order valence-electron chi connectivity index (χ3n) is 2.28. The highest BCUT2D eigenvalue weighted by molar-refractivity contribution is 6.42. The van der Waals surface area contributed by atoms with Crippen LogP contribution in [-0.2, 0) is 6.54 Å². The number of rotatable bonds is 3. The molecular weight excluding hydrogens is 251 g/mol. The van der Waals surface area contributed by atoms with Crippen LogP contribution >= 0.6 is 23.2 Å². The molecule has 0 saturated carbocycles. The Morgan fingerprint density at radius 3 is 2.69 bits per heavy atom. The van der Waals surface area contributed by atoms with Crippen molar-refractivity contribution in [2.24, 2.45) is 0 Å². The fraction of sp³-hybridized carbons (Fsp3) is 0.300. The van der Waals surface area contributed by atoms with Crippen LogP contribution in [0.15, 0.2) is 18.5 Å². The van der Waals surface area contributed by atoms with Crippen molar-refractivity contribution < 1.29 is 10.2 Å². The minimum Gasteiger partial charge on any atom is -0.394 e. The maximum atomic E-state index is 9.36. The average Bonchev–Trinajstić information content (AvgIpc) is 2.62. The molecule has 1 heterocycles. The first-order valence-corrected chi connectivity index (χ1v) is 5.46. The van der Waals surface area contributed by atoms with E-state index in [0.29, 0.717) is 15.6 Å². The highest BCUT2D eigenvalue weighted by atomic mass is 35.5. The van der Waals surface area contributed by atoms with E-state index in [-0.39, 0.29) is 13.2 Å². The summed E-state index contributed by atoms with van der Waals surface area (Å²) >= 11 is 11.8. The van der Waals surface area contributed by atoms with Gasteiger partial charge in [-0.1, -0.05) is 23.2 Å². The van der Waals surface area contributed by atoms with Crippen LogP contribution in [0.5, 0.6) is 0 Å². The molecule has 6 heteroatoms. The van der Waals surface area contributed by atoms with Crippen LogP contribution in [0.4, 0.5) is 0 Å². The summed E-state index contributed by atoms with van der Waals surface area (Å²) in [7, 11) is 0. The molecule has 0 radical (unpaired) electrons. The van der Waals surface area contributed by atoms with Gasteiger partial charge >= 0.3 is 0 Å². The SMILES string of the molecule is OCC(O)Cn1cnc2cc(Cl)c(Cl)cc21. The maximum absolute atomic E-state index is 9.36. The molecule has 2 rings (SSSR count). The van der Waals surface area contributed by atoms with E-state index in [1.165, 1.54) is 0 Å². The second-order valence-electron chi connectivity index (χ2n) is 3.49. The number of aromatic nitrogens is 2. The summed E-state index contributed by atoms with van der Waals surface area (Å²) in [4.78, 5) is 4.14. The van der Waals surface area contributed by atoms with Gasteiger partial charge in [0.1, 0.15) is 0 Å². The molecule has 2 aromatic rings. The number of imidazole rings is 1. The molecule has 1 aromatic carbocycles. The topological polar surface area (TPSA) is 58.3 Å². The van der Waals surface area contributed by atoms with Gasteiger partial charge in [-0.2, -0.15) is 0 Å². The Hall–Kier alpha value is -0.810. The molecule has 0 aliphatic carbocycles. The van der Waals surface area contributed by atoms with Gasteiger partial charge in [0.25, 0.3) is 0 Å². The largest absolute Gasteiger partial charge is 0.394 e. The second kappa shape index (κ2) is 4.59. The van der Waals surface area contributed by atoms with Crippen molar-refractivity contribution in [3.8, 4) is 0 Å². The van der Waals surface area contributed by atoms with E-state index in [0.717, 1.165) is 5.52 Å². The summed E-state index contributed by atoms with van der Waals surface area (Å²) in [6.07, 6.45) is 0.766. The summed E-state index contributed by atoms with van der Waals surface area (Å²) in [6.45, 7) is -0.0219. The number of halogens is 2. The number of hydrogen-bond donors (Lipinski definition) is 2. The van der Waals surface area contributed by atoms with Gasteiger partial charge in [0.05, 0.1) is 46.7 Å². The van der Waals surface area contributed by atoms with Gasteiger partial charge in [-0.3, -0.25) is 0 Å². The molecule has 16 heavy (non-hydrogen) atoms. The number of benzene rings is 1. The molecular formula is C10H10Cl2N2O2. The summed E-state index contributed by atoms with van der Waals surface area (Å²) in [5, 5.41) is 19.0. The van der Waals surface area contributed by atoms with Crippen LogP contribution in [0.1, 0.15) is 0 Å². The van der Waals surface area contributed by atoms with Gasteiger partial charge in [0.15, 0.2) is 0 Å². The summed E-state index contributed by atoms with van der Waals surface area (Å²) in [6, 6.07) is 3.36. The first-order valence-electron chi connectivity index (χ1n) is 4.70. The van der Waals surface area contributed by atoms with Crippen LogP contribution < -0.4 is 0 Å². The number of fused-ring (bicyclic) bond motifs is 1. The lowest BCUT2D eigenvalue weighted by Crippen LogP contribution is -2.19. The molecule has 1 aromatic heterocycles. The quantitative estimate of drug-likeness (QED) is 0.884. The van der Waals surface area contributed by atoms with Crippen molar-refractivity contribution in [2.45, 2.75) is 12.6 Å². The van der Waals surface area contributed by atoms with E-state index >= 15 is 0 Å². The zero-order chi connectivity index (χ0) is 11.7. The monoisotopic (exact) mass is 260 g/mol. The highest BCUT2D eigenvalue weighted by Crippen LogP contribution is 2.27. The Kier molecular flexibility index (Phi) is 3.35. The highest BCUT2D eigenvalue weighted by Gasteiger charge is 2.09. The summed E-state index contributed by atoms with van der Waals surface area (Å²) < 4.78 is 1.72. The molecule has 0 saturated heterocycles. The van der Waals surface area contributed by atoms with Gasteiger partial charge in [-0.15, -0.1) is 0 Å². The van der Waals surface area contributed by atoms with Gasteiger partial charge < -0.3 is 14.8 Å². The fourth-order valence-electron chi connectivity index (χ4n) is 1.48. The maximum Gasteiger partial charge on any atom is 0.0959 e. The molecule has 0 aliphatic rings. The lowest BCUT2D eigenvalue weighted by molar-refractivity contribution is 0.0821. The average molecular weight is 261 g/mol. The van der Waals surface area contributed by atoms with Crippen molar-refractivity contribution in [3.05, 3.63) is 28.5 Å². The molecule has 0 bridgehead atoms. The normalized spacial score (nSPS) is 13.2. The molecule has 1 atom stereocenters. The third-order valence-corrected chi connectivity index (χ3v) is 3.00. The predicted molar refractivity (Wildman–Crippen MR) is 62.8 cm³/mol. The minimum atomic E-state index is -0.813. The van der Waals surface area contributed by atoms with Gasteiger partial charge in [-0.05, 0) is 12.1 Å². The smallest absolute Gasteiger partial charge is 0.0959 e. The number of aliphatic hydroxyl groups is 2. The van der Waals surface area contributed by atoms with Crippen LogP contribution in [0.25, 0.3) is 11.0 Å². The molecule has 2 N–H and O–H groups in total. The molecule has 86 valence electrons. The Morgan fingerprint density at radius 2 is 2.00 bits per heavy atom. The second-order valence-corrected chi connectivity index (χ2v) is 4.30. The van der Waals surface area contributed by atoms with Crippen molar-refractivity contribution in [1.29, 1.82) is 0 Å². The van der Waals surface area contributed by atoms with Crippen LogP contribution in [0.3, 0.4) is 0 Å². The summed E-state index contributed by atoms with van der Waals surface area (Å²) in [5.74, 6) is 0. The Bertz CT molecular complexity index is 513. The van der Waals surface area contributed by atoms with Gasteiger partial charge in [0.2, 0.25) is 0 Å². The first-order chi connectivity index (χ1) is 7.61. The molecule has 0 aliphatic heterocycles. The molecule has 0 amide bonds. The third kappa shape index (κ3) is 2.15. The van der Waals surface area contributed by atoms with Gasteiger partial charge in [-0.25, -0.2) is 4.98 Å². The molecule has 1 unspecified atom stereocenters. The molecule has 4 nitrogen and oxygen atoms in total. The van der Waals surface area contributed by atoms with Crippen LogP contribution in [0, 0.1) is 0 Å². The van der Waals surface area contributed by atoms with E-state index in [4.69, 9.17) is 28.3 Å². The van der Waals surface area contributed by atoms with E-state index < -0.39 is 6.10 Å².